The SMILES string of the molecule is COc1ccc(C(=O)CCNS(=O)O)cc1. The zero-order chi connectivity index (χ0) is 12.0. The molecular formula is C10H13NO4S. The summed E-state index contributed by atoms with van der Waals surface area (Å²) >= 11 is -2.07. The van der Waals surface area contributed by atoms with Gasteiger partial charge >= 0.3 is 0 Å². The minimum absolute atomic E-state index is 0.0828. The molecular weight excluding hydrogens is 230 g/mol. The Morgan fingerprint density at radius 3 is 2.56 bits per heavy atom. The van der Waals surface area contributed by atoms with Crippen molar-refractivity contribution in [2.24, 2.45) is 0 Å². The zero-order valence-corrected chi connectivity index (χ0v) is 9.62. The summed E-state index contributed by atoms with van der Waals surface area (Å²) in [6.45, 7) is 0.175. The quantitative estimate of drug-likeness (QED) is 0.577. The Kier molecular flexibility index (Phi) is 5.10. The van der Waals surface area contributed by atoms with Gasteiger partial charge < -0.3 is 4.74 Å². The fourth-order valence-electron chi connectivity index (χ4n) is 1.17. The summed E-state index contributed by atoms with van der Waals surface area (Å²) in [6, 6.07) is 6.73. The monoisotopic (exact) mass is 243 g/mol. The van der Waals surface area contributed by atoms with Crippen LogP contribution in [0.2, 0.25) is 0 Å². The lowest BCUT2D eigenvalue weighted by atomic mass is 10.1. The van der Waals surface area contributed by atoms with E-state index in [1.807, 2.05) is 0 Å². The molecule has 0 aromatic heterocycles. The Morgan fingerprint density at radius 1 is 1.44 bits per heavy atom. The average molecular weight is 243 g/mol. The second-order valence-electron chi connectivity index (χ2n) is 3.05. The van der Waals surface area contributed by atoms with Gasteiger partial charge in [0, 0.05) is 18.5 Å². The Morgan fingerprint density at radius 2 is 2.06 bits per heavy atom. The molecule has 0 aliphatic rings. The molecule has 0 fully saturated rings. The molecule has 5 nitrogen and oxygen atoms in total. The number of methoxy groups -OCH3 is 1. The van der Waals surface area contributed by atoms with E-state index in [2.05, 4.69) is 4.72 Å². The molecule has 0 saturated carbocycles. The van der Waals surface area contributed by atoms with Crippen molar-refractivity contribution < 1.29 is 18.3 Å². The highest BCUT2D eigenvalue weighted by atomic mass is 32.2. The fourth-order valence-corrected chi connectivity index (χ4v) is 1.45. The van der Waals surface area contributed by atoms with E-state index in [1.165, 1.54) is 0 Å². The topological polar surface area (TPSA) is 75.6 Å². The van der Waals surface area contributed by atoms with Gasteiger partial charge in [-0.2, -0.15) is 0 Å². The summed E-state index contributed by atoms with van der Waals surface area (Å²) in [6.07, 6.45) is 0.179. The lowest BCUT2D eigenvalue weighted by molar-refractivity contribution is 0.0984. The molecule has 0 heterocycles. The second kappa shape index (κ2) is 6.37. The van der Waals surface area contributed by atoms with Crippen LogP contribution in [0, 0.1) is 0 Å². The average Bonchev–Trinajstić information content (AvgIpc) is 2.28. The van der Waals surface area contributed by atoms with Gasteiger partial charge in [0.1, 0.15) is 5.75 Å². The van der Waals surface area contributed by atoms with Gasteiger partial charge in [-0.05, 0) is 24.3 Å². The van der Waals surface area contributed by atoms with Crippen molar-refractivity contribution in [2.45, 2.75) is 6.42 Å². The minimum Gasteiger partial charge on any atom is -0.497 e. The summed E-state index contributed by atoms with van der Waals surface area (Å²) in [5.74, 6) is 0.603. The van der Waals surface area contributed by atoms with Crippen LogP contribution in [0.5, 0.6) is 5.75 Å². The normalized spacial score (nSPS) is 12.1. The molecule has 0 aliphatic heterocycles. The van der Waals surface area contributed by atoms with Crippen LogP contribution in [0.4, 0.5) is 0 Å². The molecule has 0 aliphatic carbocycles. The van der Waals surface area contributed by atoms with Gasteiger partial charge in [-0.1, -0.05) is 0 Å². The third-order valence-electron chi connectivity index (χ3n) is 1.99. The van der Waals surface area contributed by atoms with Crippen molar-refractivity contribution in [2.75, 3.05) is 13.7 Å². The molecule has 0 spiro atoms. The summed E-state index contributed by atoms with van der Waals surface area (Å²) in [4.78, 5) is 11.6. The molecule has 0 amide bonds. The standard InChI is InChI=1S/C10H13NO4S/c1-15-9-4-2-8(3-5-9)10(12)6-7-11-16(13)14/h2-5,11H,6-7H2,1H3,(H,13,14). The smallest absolute Gasteiger partial charge is 0.231 e. The lowest BCUT2D eigenvalue weighted by Gasteiger charge is -2.02. The largest absolute Gasteiger partial charge is 0.497 e. The molecule has 1 rings (SSSR count). The first-order valence-electron chi connectivity index (χ1n) is 4.65. The first kappa shape index (κ1) is 12.8. The van der Waals surface area contributed by atoms with Crippen LogP contribution >= 0.6 is 0 Å². The maximum Gasteiger partial charge on any atom is 0.231 e. The predicted molar refractivity (Wildman–Crippen MR) is 60.7 cm³/mol. The van der Waals surface area contributed by atoms with Crippen LogP contribution in [0.25, 0.3) is 0 Å². The number of rotatable bonds is 6. The maximum atomic E-state index is 11.6. The Labute approximate surface area is 96.2 Å². The number of nitrogens with one attached hydrogen (secondary N) is 1. The third-order valence-corrected chi connectivity index (χ3v) is 2.44. The Bertz CT molecular complexity index is 377. The minimum atomic E-state index is -2.07. The van der Waals surface area contributed by atoms with Crippen LogP contribution in [0.15, 0.2) is 24.3 Å². The number of Topliss-reactive ketones (excluding diaryl/α,β-unsaturated/α-hetero) is 1. The highest BCUT2D eigenvalue weighted by Gasteiger charge is 2.05. The lowest BCUT2D eigenvalue weighted by Crippen LogP contribution is -2.20. The summed E-state index contributed by atoms with van der Waals surface area (Å²) < 4.78 is 25.9. The van der Waals surface area contributed by atoms with Crippen LogP contribution < -0.4 is 9.46 Å². The van der Waals surface area contributed by atoms with E-state index in [4.69, 9.17) is 9.29 Å². The highest BCUT2D eigenvalue weighted by Crippen LogP contribution is 2.12. The summed E-state index contributed by atoms with van der Waals surface area (Å²) in [5, 5.41) is 0. The first-order chi connectivity index (χ1) is 7.63. The molecule has 6 heteroatoms. The highest BCUT2D eigenvalue weighted by molar-refractivity contribution is 7.77. The molecule has 0 saturated heterocycles. The van der Waals surface area contributed by atoms with Crippen molar-refractivity contribution in [3.63, 3.8) is 0 Å². The molecule has 1 aromatic carbocycles. The molecule has 1 aromatic rings. The fraction of sp³-hybridized carbons (Fsp3) is 0.300. The van der Waals surface area contributed by atoms with Gasteiger partial charge in [-0.3, -0.25) is 9.35 Å². The summed E-state index contributed by atoms with van der Waals surface area (Å²) in [7, 11) is 1.55. The van der Waals surface area contributed by atoms with Crippen LogP contribution in [0.1, 0.15) is 16.8 Å². The molecule has 1 atom stereocenters. The number of carbonyl (C=O) groups is 1. The van der Waals surface area contributed by atoms with Crippen LogP contribution in [-0.4, -0.2) is 28.2 Å². The van der Waals surface area contributed by atoms with Crippen molar-refractivity contribution in [3.8, 4) is 5.75 Å². The van der Waals surface area contributed by atoms with Crippen molar-refractivity contribution in [3.05, 3.63) is 29.8 Å². The second-order valence-corrected chi connectivity index (χ2v) is 3.83. The first-order valence-corrected chi connectivity index (χ1v) is 5.76. The molecule has 16 heavy (non-hydrogen) atoms. The number of benzene rings is 1. The number of carbonyl (C=O) groups excluding carboxylic acids is 1. The third kappa shape index (κ3) is 4.09. The van der Waals surface area contributed by atoms with Crippen LogP contribution in [0.3, 0.4) is 0 Å². The van der Waals surface area contributed by atoms with Gasteiger partial charge in [-0.15, -0.1) is 0 Å². The molecule has 0 radical (unpaired) electrons. The molecule has 1 unspecified atom stereocenters. The maximum absolute atomic E-state index is 11.6. The van der Waals surface area contributed by atoms with Crippen molar-refractivity contribution in [1.82, 2.24) is 4.72 Å². The van der Waals surface area contributed by atoms with E-state index >= 15 is 0 Å². The Balaban J connectivity index is 2.49. The van der Waals surface area contributed by atoms with Gasteiger partial charge in [0.05, 0.1) is 7.11 Å². The summed E-state index contributed by atoms with van der Waals surface area (Å²) in [5.41, 5.74) is 0.561. The van der Waals surface area contributed by atoms with Crippen molar-refractivity contribution >= 4 is 17.0 Å². The van der Waals surface area contributed by atoms with Crippen molar-refractivity contribution in [1.29, 1.82) is 0 Å². The Hall–Kier alpha value is -1.24. The molecule has 88 valence electrons. The zero-order valence-electron chi connectivity index (χ0n) is 8.80. The van der Waals surface area contributed by atoms with E-state index in [-0.39, 0.29) is 18.7 Å². The van der Waals surface area contributed by atoms with Gasteiger partial charge in [0.25, 0.3) is 0 Å². The van der Waals surface area contributed by atoms with Gasteiger partial charge in [0.15, 0.2) is 5.78 Å². The van der Waals surface area contributed by atoms with E-state index in [0.717, 1.165) is 0 Å². The molecule has 2 N–H and O–H groups in total. The number of ether oxygens (including phenoxy) is 1. The number of hydrogen-bond donors (Lipinski definition) is 2. The number of ketones is 1. The van der Waals surface area contributed by atoms with Crippen LogP contribution in [-0.2, 0) is 11.3 Å². The van der Waals surface area contributed by atoms with Gasteiger partial charge in [0.2, 0.25) is 11.3 Å². The molecule has 0 bridgehead atoms. The van der Waals surface area contributed by atoms with E-state index in [0.29, 0.717) is 11.3 Å². The van der Waals surface area contributed by atoms with E-state index in [1.54, 1.807) is 31.4 Å². The number of hydrogen-bond acceptors (Lipinski definition) is 3. The van der Waals surface area contributed by atoms with E-state index < -0.39 is 11.3 Å². The predicted octanol–water partition coefficient (Wildman–Crippen LogP) is 0.994. The van der Waals surface area contributed by atoms with E-state index in [9.17, 15) is 9.00 Å². The van der Waals surface area contributed by atoms with Gasteiger partial charge in [-0.25, -0.2) is 8.93 Å².